The number of non-ortho nitro benzene ring substituents is 1. The number of hydrogen-bond donors (Lipinski definition) is 4. The molecule has 0 aromatic heterocycles. The molecule has 2 aromatic carbocycles. The third-order valence-electron chi connectivity index (χ3n) is 3.54. The predicted molar refractivity (Wildman–Crippen MR) is 97.1 cm³/mol. The number of hydrogen-bond acceptors (Lipinski definition) is 6. The Morgan fingerprint density at radius 3 is 2.18 bits per heavy atom. The molecule has 0 saturated carbocycles. The molecule has 0 aliphatic rings. The maximum atomic E-state index is 12.0. The van der Waals surface area contributed by atoms with E-state index in [1.807, 2.05) is 0 Å². The van der Waals surface area contributed by atoms with Crippen LogP contribution in [0.4, 0.5) is 11.4 Å². The first-order chi connectivity index (χ1) is 12.8. The summed E-state index contributed by atoms with van der Waals surface area (Å²) >= 11 is 0. The van der Waals surface area contributed by atoms with E-state index in [2.05, 4.69) is 10.6 Å². The van der Waals surface area contributed by atoms with Gasteiger partial charge in [0.05, 0.1) is 4.92 Å². The van der Waals surface area contributed by atoms with Gasteiger partial charge in [-0.25, -0.2) is 4.79 Å². The van der Waals surface area contributed by atoms with Crippen molar-refractivity contribution in [1.29, 1.82) is 0 Å². The van der Waals surface area contributed by atoms with Crippen molar-refractivity contribution in [2.75, 3.05) is 5.32 Å². The fraction of sp³-hybridized carbons (Fsp3) is 0.111. The Bertz CT molecular complexity index is 881. The van der Waals surface area contributed by atoms with Crippen molar-refractivity contribution in [2.24, 2.45) is 0 Å². The number of benzene rings is 2. The number of nitro groups is 1. The summed E-state index contributed by atoms with van der Waals surface area (Å²) in [6, 6.07) is 9.86. The number of carboxylic acid groups (broad SMARTS) is 1. The standard InChI is InChI=1S/C18H17N3O6.Na/c1-11(19-17(18(24)25)12-2-8-15(22)9-3-12)10-16(23)20-13-4-6-14(7-5-13)21(26)27;/h2-10,17,19,22H,1H3,(H,20,23)(H,24,25);/q;+1/b11-10+;. The van der Waals surface area contributed by atoms with Crippen LogP contribution in [0.3, 0.4) is 0 Å². The minimum Gasteiger partial charge on any atom is -0.508 e. The quantitative estimate of drug-likeness (QED) is 0.216. The van der Waals surface area contributed by atoms with Gasteiger partial charge in [0.15, 0.2) is 0 Å². The number of rotatable bonds is 7. The van der Waals surface area contributed by atoms with Crippen LogP contribution in [0.25, 0.3) is 0 Å². The van der Waals surface area contributed by atoms with Gasteiger partial charge in [0.25, 0.3) is 5.69 Å². The molecule has 1 amide bonds. The van der Waals surface area contributed by atoms with E-state index in [1.165, 1.54) is 61.5 Å². The van der Waals surface area contributed by atoms with Gasteiger partial charge in [0, 0.05) is 29.6 Å². The predicted octanol–water partition coefficient (Wildman–Crippen LogP) is -0.438. The van der Waals surface area contributed by atoms with Crippen LogP contribution < -0.4 is 40.2 Å². The van der Waals surface area contributed by atoms with Gasteiger partial charge >= 0.3 is 35.5 Å². The molecule has 2 rings (SSSR count). The molecule has 2 aromatic rings. The van der Waals surface area contributed by atoms with Crippen molar-refractivity contribution in [3.05, 3.63) is 76.0 Å². The van der Waals surface area contributed by atoms with Gasteiger partial charge < -0.3 is 20.8 Å². The molecule has 0 fully saturated rings. The van der Waals surface area contributed by atoms with Crippen LogP contribution in [-0.2, 0) is 9.59 Å². The first-order valence-electron chi connectivity index (χ1n) is 7.78. The number of allylic oxidation sites excluding steroid dienone is 1. The fourth-order valence-corrected chi connectivity index (χ4v) is 2.27. The molecule has 0 bridgehead atoms. The summed E-state index contributed by atoms with van der Waals surface area (Å²) in [5.41, 5.74) is 0.973. The van der Waals surface area contributed by atoms with Crippen LogP contribution in [0.2, 0.25) is 0 Å². The average Bonchev–Trinajstić information content (AvgIpc) is 2.60. The summed E-state index contributed by atoms with van der Waals surface area (Å²) in [6.45, 7) is 1.53. The number of nitrogens with one attached hydrogen (secondary N) is 2. The van der Waals surface area contributed by atoms with Gasteiger partial charge in [-0.2, -0.15) is 0 Å². The average molecular weight is 394 g/mol. The largest absolute Gasteiger partial charge is 1.00 e. The Morgan fingerprint density at radius 2 is 1.68 bits per heavy atom. The number of nitrogens with zero attached hydrogens (tertiary/aromatic N) is 1. The number of nitro benzene ring substituents is 1. The van der Waals surface area contributed by atoms with Crippen molar-refractivity contribution in [3.8, 4) is 5.75 Å². The zero-order valence-corrected chi connectivity index (χ0v) is 17.2. The molecular weight excluding hydrogens is 377 g/mol. The number of carboxylic acids is 1. The normalized spacial score (nSPS) is 11.7. The van der Waals surface area contributed by atoms with Crippen LogP contribution >= 0.6 is 0 Å². The fourth-order valence-electron chi connectivity index (χ4n) is 2.27. The summed E-state index contributed by atoms with van der Waals surface area (Å²) in [6.07, 6.45) is 1.18. The van der Waals surface area contributed by atoms with Crippen LogP contribution in [0.15, 0.2) is 60.3 Å². The second-order valence-electron chi connectivity index (χ2n) is 5.63. The Labute approximate surface area is 182 Å². The number of carbonyl (C=O) groups excluding carboxylic acids is 1. The van der Waals surface area contributed by atoms with Gasteiger partial charge in [0.1, 0.15) is 11.8 Å². The minimum atomic E-state index is -1.15. The Morgan fingerprint density at radius 1 is 1.11 bits per heavy atom. The molecular formula is C18H17N3NaO6+. The van der Waals surface area contributed by atoms with E-state index >= 15 is 0 Å². The molecule has 9 nitrogen and oxygen atoms in total. The molecule has 0 heterocycles. The van der Waals surface area contributed by atoms with E-state index in [9.17, 15) is 29.9 Å². The van der Waals surface area contributed by atoms with Gasteiger partial charge in [-0.1, -0.05) is 12.1 Å². The molecule has 140 valence electrons. The van der Waals surface area contributed by atoms with Crippen molar-refractivity contribution in [1.82, 2.24) is 5.32 Å². The van der Waals surface area contributed by atoms with E-state index < -0.39 is 22.8 Å². The smallest absolute Gasteiger partial charge is 0.508 e. The van der Waals surface area contributed by atoms with E-state index in [0.717, 1.165) is 0 Å². The van der Waals surface area contributed by atoms with Gasteiger partial charge in [-0.15, -0.1) is 0 Å². The molecule has 0 aliphatic carbocycles. The molecule has 1 unspecified atom stereocenters. The second-order valence-corrected chi connectivity index (χ2v) is 5.63. The maximum Gasteiger partial charge on any atom is 1.00 e. The summed E-state index contributed by atoms with van der Waals surface area (Å²) in [5, 5.41) is 34.5. The van der Waals surface area contributed by atoms with Crippen molar-refractivity contribution < 1.29 is 54.3 Å². The van der Waals surface area contributed by atoms with Gasteiger partial charge in [0.2, 0.25) is 5.91 Å². The zero-order chi connectivity index (χ0) is 20.0. The number of carbonyl (C=O) groups is 2. The van der Waals surface area contributed by atoms with Crippen LogP contribution in [0.5, 0.6) is 5.75 Å². The van der Waals surface area contributed by atoms with Gasteiger partial charge in [-0.05, 0) is 36.8 Å². The van der Waals surface area contributed by atoms with E-state index in [0.29, 0.717) is 16.9 Å². The first-order valence-corrected chi connectivity index (χ1v) is 7.78. The topological polar surface area (TPSA) is 142 Å². The van der Waals surface area contributed by atoms with E-state index in [4.69, 9.17) is 0 Å². The summed E-state index contributed by atoms with van der Waals surface area (Å²) in [7, 11) is 0. The summed E-state index contributed by atoms with van der Waals surface area (Å²) < 4.78 is 0. The Kier molecular flexibility index (Phi) is 8.65. The SMILES string of the molecule is C/C(=C\C(=O)Nc1ccc([N+](=O)[O-])cc1)NC(C(=O)O)c1ccc(O)cc1.[Na+]. The number of phenols is 1. The van der Waals surface area contributed by atoms with E-state index in [-0.39, 0.29) is 41.0 Å². The van der Waals surface area contributed by atoms with Gasteiger partial charge in [-0.3, -0.25) is 14.9 Å². The van der Waals surface area contributed by atoms with Crippen molar-refractivity contribution in [3.63, 3.8) is 0 Å². The molecule has 1 atom stereocenters. The molecule has 0 radical (unpaired) electrons. The second kappa shape index (κ2) is 10.5. The Balaban J connectivity index is 0.00000392. The van der Waals surface area contributed by atoms with Crippen LogP contribution in [-0.4, -0.2) is 27.0 Å². The molecule has 4 N–H and O–H groups in total. The third kappa shape index (κ3) is 6.69. The number of aliphatic carboxylic acids is 1. The third-order valence-corrected chi connectivity index (χ3v) is 3.54. The molecule has 0 aliphatic heterocycles. The van der Waals surface area contributed by atoms with E-state index in [1.54, 1.807) is 0 Å². The number of phenolic OH excluding ortho intramolecular Hbond substituents is 1. The molecule has 10 heteroatoms. The zero-order valence-electron chi connectivity index (χ0n) is 15.2. The maximum absolute atomic E-state index is 12.0. The number of aromatic hydroxyl groups is 1. The Hall–Kier alpha value is -2.88. The van der Waals surface area contributed by atoms with Crippen molar-refractivity contribution >= 4 is 23.3 Å². The number of anilines is 1. The first kappa shape index (κ1) is 23.2. The molecule has 0 saturated heterocycles. The van der Waals surface area contributed by atoms with Crippen LogP contribution in [0, 0.1) is 10.1 Å². The molecule has 28 heavy (non-hydrogen) atoms. The van der Waals surface area contributed by atoms with Crippen molar-refractivity contribution in [2.45, 2.75) is 13.0 Å². The minimum absolute atomic E-state index is 0. The number of amides is 1. The van der Waals surface area contributed by atoms with Crippen LogP contribution in [0.1, 0.15) is 18.5 Å². The summed E-state index contributed by atoms with van der Waals surface area (Å²) in [5.74, 6) is -1.66. The molecule has 0 spiro atoms. The monoisotopic (exact) mass is 394 g/mol. The summed E-state index contributed by atoms with van der Waals surface area (Å²) in [4.78, 5) is 33.6.